The Morgan fingerprint density at radius 3 is 1.74 bits per heavy atom. The van der Waals surface area contributed by atoms with Crippen LogP contribution in [0.1, 0.15) is 27.2 Å². The van der Waals surface area contributed by atoms with E-state index in [0.717, 1.165) is 0 Å². The molecule has 0 aromatic heterocycles. The zero-order valence-corrected chi connectivity index (χ0v) is 18.2. The topological polar surface area (TPSA) is 40.5 Å². The monoisotopic (exact) mass is 348 g/mol. The smallest absolute Gasteiger partial charge is 0.151 e. The molecule has 1 rings (SSSR count). The summed E-state index contributed by atoms with van der Waals surface area (Å²) < 4.78 is 0. The molecule has 0 aromatic rings. The van der Waals surface area contributed by atoms with Crippen LogP contribution in [0.5, 0.6) is 0 Å². The zero-order chi connectivity index (χ0) is 18.3. The molecule has 2 unspecified atom stereocenters. The first-order chi connectivity index (χ1) is 10.00. The van der Waals surface area contributed by atoms with Crippen LogP contribution < -0.4 is 0 Å². The molecule has 0 aliphatic heterocycles. The van der Waals surface area contributed by atoms with Crippen LogP contribution >= 0.6 is 0 Å². The van der Waals surface area contributed by atoms with Gasteiger partial charge in [0.15, 0.2) is 5.60 Å². The normalized spacial score (nSPS) is 30.5. The Balaban J connectivity index is 3.39. The fourth-order valence-electron chi connectivity index (χ4n) is 2.77. The van der Waals surface area contributed by atoms with Gasteiger partial charge in [-0.1, -0.05) is 65.0 Å². The molecule has 0 fully saturated rings. The predicted octanol–water partition coefficient (Wildman–Crippen LogP) is 3.59. The van der Waals surface area contributed by atoms with E-state index in [1.165, 1.54) is 0 Å². The van der Waals surface area contributed by atoms with E-state index in [-0.39, 0.29) is 0 Å². The Morgan fingerprint density at radius 2 is 1.35 bits per heavy atom. The van der Waals surface area contributed by atoms with E-state index in [9.17, 15) is 10.2 Å². The molecule has 1 aliphatic rings. The lowest BCUT2D eigenvalue weighted by molar-refractivity contribution is -0.0394. The van der Waals surface area contributed by atoms with E-state index >= 15 is 0 Å². The van der Waals surface area contributed by atoms with Gasteiger partial charge in [0, 0.05) is 11.8 Å². The molecule has 0 aromatic carbocycles. The van der Waals surface area contributed by atoms with Gasteiger partial charge in [-0.05, 0) is 18.6 Å². The number of rotatable bonds is 0. The van der Waals surface area contributed by atoms with E-state index in [0.29, 0.717) is 12.0 Å². The average molecular weight is 349 g/mol. The van der Waals surface area contributed by atoms with Crippen molar-refractivity contribution in [3.63, 3.8) is 0 Å². The SMILES string of the molecule is CC1=CC(O)(C#C[Si](C)(C)C)CC(C)(C)C1(O)C#C[Si](C)(C)C. The lowest BCUT2D eigenvalue weighted by Gasteiger charge is -2.47. The van der Waals surface area contributed by atoms with Crippen LogP contribution in [-0.2, 0) is 0 Å². The molecular weight excluding hydrogens is 316 g/mol. The highest BCUT2D eigenvalue weighted by atomic mass is 28.3. The Morgan fingerprint density at radius 1 is 0.913 bits per heavy atom. The van der Waals surface area contributed by atoms with Crippen molar-refractivity contribution in [2.45, 2.75) is 77.7 Å². The minimum absolute atomic E-state index is 0.381. The molecule has 0 radical (unpaired) electrons. The fourth-order valence-corrected chi connectivity index (χ4v) is 3.92. The molecule has 2 N–H and O–H groups in total. The van der Waals surface area contributed by atoms with Crippen LogP contribution in [0.15, 0.2) is 11.6 Å². The highest BCUT2D eigenvalue weighted by Crippen LogP contribution is 2.47. The van der Waals surface area contributed by atoms with Gasteiger partial charge in [-0.3, -0.25) is 0 Å². The Labute approximate surface area is 144 Å². The minimum Gasteiger partial charge on any atom is -0.374 e. The van der Waals surface area contributed by atoms with Crippen molar-refractivity contribution in [3.8, 4) is 22.9 Å². The van der Waals surface area contributed by atoms with Crippen LogP contribution in [0.3, 0.4) is 0 Å². The van der Waals surface area contributed by atoms with E-state index in [4.69, 9.17) is 0 Å². The van der Waals surface area contributed by atoms with Crippen LogP contribution in [0.25, 0.3) is 0 Å². The second-order valence-electron chi connectivity index (χ2n) is 9.52. The van der Waals surface area contributed by atoms with Crippen molar-refractivity contribution in [1.29, 1.82) is 0 Å². The summed E-state index contributed by atoms with van der Waals surface area (Å²) in [6.07, 6.45) is 2.09. The van der Waals surface area contributed by atoms with E-state index in [1.54, 1.807) is 6.08 Å². The lowest BCUT2D eigenvalue weighted by atomic mass is 9.61. The van der Waals surface area contributed by atoms with Crippen LogP contribution in [0.2, 0.25) is 39.3 Å². The van der Waals surface area contributed by atoms with E-state index < -0.39 is 32.8 Å². The first-order valence-electron chi connectivity index (χ1n) is 8.23. The van der Waals surface area contributed by atoms with Gasteiger partial charge in [-0.15, -0.1) is 11.1 Å². The number of hydrogen-bond donors (Lipinski definition) is 2. The number of aliphatic hydroxyl groups is 2. The maximum Gasteiger partial charge on any atom is 0.151 e. The van der Waals surface area contributed by atoms with Crippen molar-refractivity contribution in [2.75, 3.05) is 0 Å². The molecular formula is C19H32O2Si2. The van der Waals surface area contributed by atoms with Crippen molar-refractivity contribution in [3.05, 3.63) is 11.6 Å². The van der Waals surface area contributed by atoms with Crippen molar-refractivity contribution < 1.29 is 10.2 Å². The standard InChI is InChI=1S/C19H32O2Si2/c1-16-14-18(20,10-12-22(4,5)6)15-17(2,3)19(16,21)11-13-23(7,8)9/h14,20-21H,15H2,1-9H3. The van der Waals surface area contributed by atoms with Gasteiger partial charge in [0.05, 0.1) is 0 Å². The maximum absolute atomic E-state index is 11.2. The molecule has 0 saturated carbocycles. The van der Waals surface area contributed by atoms with Gasteiger partial charge in [-0.25, -0.2) is 0 Å². The molecule has 0 heterocycles. The largest absolute Gasteiger partial charge is 0.374 e. The zero-order valence-electron chi connectivity index (χ0n) is 16.2. The second-order valence-corrected chi connectivity index (χ2v) is 19.0. The predicted molar refractivity (Wildman–Crippen MR) is 104 cm³/mol. The minimum atomic E-state index is -1.59. The molecule has 2 atom stereocenters. The molecule has 0 bridgehead atoms. The van der Waals surface area contributed by atoms with Gasteiger partial charge < -0.3 is 10.2 Å². The summed E-state index contributed by atoms with van der Waals surface area (Å²) in [5, 5.41) is 22.1. The average Bonchev–Trinajstić information content (AvgIpc) is 2.29. The molecule has 2 nitrogen and oxygen atoms in total. The highest BCUT2D eigenvalue weighted by Gasteiger charge is 2.51. The Bertz CT molecular complexity index is 627. The summed E-state index contributed by atoms with van der Waals surface area (Å²) in [5.41, 5.74) is 4.29. The maximum atomic E-state index is 11.2. The molecule has 0 saturated heterocycles. The fraction of sp³-hybridized carbons (Fsp3) is 0.684. The lowest BCUT2D eigenvalue weighted by Crippen LogP contribution is -2.53. The first kappa shape index (κ1) is 20.3. The molecule has 4 heteroatoms. The molecule has 0 amide bonds. The van der Waals surface area contributed by atoms with Gasteiger partial charge >= 0.3 is 0 Å². The third-order valence-corrected chi connectivity index (χ3v) is 5.74. The summed E-state index contributed by atoms with van der Waals surface area (Å²) in [7, 11) is -3.16. The third-order valence-electron chi connectivity index (χ3n) is 3.99. The quantitative estimate of drug-likeness (QED) is 0.399. The van der Waals surface area contributed by atoms with Crippen LogP contribution in [-0.4, -0.2) is 37.6 Å². The summed E-state index contributed by atoms with van der Waals surface area (Å²) in [5.74, 6) is 6.21. The van der Waals surface area contributed by atoms with Gasteiger partial charge in [0.2, 0.25) is 0 Å². The number of hydrogen-bond acceptors (Lipinski definition) is 2. The van der Waals surface area contributed by atoms with E-state index in [2.05, 4.69) is 62.2 Å². The second kappa shape index (κ2) is 5.94. The summed E-state index contributed by atoms with van der Waals surface area (Å²) in [6.45, 7) is 18.7. The molecule has 0 spiro atoms. The summed E-state index contributed by atoms with van der Waals surface area (Å²) in [4.78, 5) is 0. The van der Waals surface area contributed by atoms with Crippen molar-refractivity contribution in [2.24, 2.45) is 5.41 Å². The third kappa shape index (κ3) is 5.09. The van der Waals surface area contributed by atoms with Crippen LogP contribution in [0, 0.1) is 28.3 Å². The van der Waals surface area contributed by atoms with Gasteiger partial charge in [0.25, 0.3) is 0 Å². The molecule has 23 heavy (non-hydrogen) atoms. The van der Waals surface area contributed by atoms with Crippen molar-refractivity contribution >= 4 is 16.1 Å². The first-order valence-corrected chi connectivity index (χ1v) is 15.2. The Hall–Kier alpha value is -0.786. The van der Waals surface area contributed by atoms with Crippen LogP contribution in [0.4, 0.5) is 0 Å². The molecule has 128 valence electrons. The summed E-state index contributed by atoms with van der Waals surface area (Å²) >= 11 is 0. The van der Waals surface area contributed by atoms with Crippen molar-refractivity contribution in [1.82, 2.24) is 0 Å². The molecule has 1 aliphatic carbocycles. The Kier molecular flexibility index (Phi) is 5.23. The van der Waals surface area contributed by atoms with Gasteiger partial charge in [-0.2, -0.15) is 0 Å². The summed E-state index contributed by atoms with van der Waals surface area (Å²) in [6, 6.07) is 0. The van der Waals surface area contributed by atoms with Gasteiger partial charge in [0.1, 0.15) is 21.7 Å². The highest BCUT2D eigenvalue weighted by molar-refractivity contribution is 6.84. The van der Waals surface area contributed by atoms with E-state index in [1.807, 2.05) is 20.8 Å².